The molecule has 0 atom stereocenters. The maximum Gasteiger partial charge on any atom is 0.410 e. The Labute approximate surface area is 168 Å². The number of hydrogen-bond donors (Lipinski definition) is 3. The van der Waals surface area contributed by atoms with Crippen molar-refractivity contribution in [1.29, 1.82) is 0 Å². The highest BCUT2D eigenvalue weighted by Crippen LogP contribution is 2.28. The molecule has 0 saturated carbocycles. The number of nitrogens with one attached hydrogen (secondary N) is 2. The zero-order valence-corrected chi connectivity index (χ0v) is 17.1. The van der Waals surface area contributed by atoms with Crippen molar-refractivity contribution < 1.29 is 14.3 Å². The van der Waals surface area contributed by atoms with Gasteiger partial charge in [0.1, 0.15) is 5.60 Å². The molecule has 150 valence electrons. The molecule has 0 bridgehead atoms. The van der Waals surface area contributed by atoms with Crippen molar-refractivity contribution in [2.45, 2.75) is 46.3 Å². The number of fused-ring (bicyclic) bond motifs is 1. The SMILES string of the molecule is Cc1cc(NC(=O)c2n[nH]c3c2CN(C(=O)OC(C)(C)C)CC3)c(N)cc1Cl. The molecule has 0 saturated heterocycles. The largest absolute Gasteiger partial charge is 0.444 e. The van der Waals surface area contributed by atoms with Gasteiger partial charge in [-0.1, -0.05) is 11.6 Å². The lowest BCUT2D eigenvalue weighted by Crippen LogP contribution is -2.40. The molecule has 0 spiro atoms. The third-order valence-corrected chi connectivity index (χ3v) is 4.79. The number of carbonyl (C=O) groups is 2. The number of carbonyl (C=O) groups excluding carboxylic acids is 2. The number of nitrogen functional groups attached to an aromatic ring is 1. The van der Waals surface area contributed by atoms with Crippen LogP contribution in [0.5, 0.6) is 0 Å². The number of amides is 2. The van der Waals surface area contributed by atoms with E-state index in [0.29, 0.717) is 34.9 Å². The highest BCUT2D eigenvalue weighted by Gasteiger charge is 2.30. The summed E-state index contributed by atoms with van der Waals surface area (Å²) in [5.74, 6) is -0.406. The molecule has 8 nitrogen and oxygen atoms in total. The summed E-state index contributed by atoms with van der Waals surface area (Å²) < 4.78 is 5.43. The Morgan fingerprint density at radius 1 is 1.36 bits per heavy atom. The zero-order valence-electron chi connectivity index (χ0n) is 16.4. The number of ether oxygens (including phenoxy) is 1. The number of anilines is 2. The van der Waals surface area contributed by atoms with Crippen LogP contribution in [0.25, 0.3) is 0 Å². The number of rotatable bonds is 2. The number of aromatic nitrogens is 2. The van der Waals surface area contributed by atoms with E-state index in [2.05, 4.69) is 15.5 Å². The first-order chi connectivity index (χ1) is 13.0. The van der Waals surface area contributed by atoms with E-state index in [1.807, 2.05) is 27.7 Å². The summed E-state index contributed by atoms with van der Waals surface area (Å²) in [5, 5.41) is 10.3. The summed E-state index contributed by atoms with van der Waals surface area (Å²) in [6.07, 6.45) is 0.153. The third kappa shape index (κ3) is 4.22. The summed E-state index contributed by atoms with van der Waals surface area (Å²) >= 11 is 6.05. The lowest BCUT2D eigenvalue weighted by molar-refractivity contribution is 0.0222. The molecule has 0 aliphatic carbocycles. The first-order valence-electron chi connectivity index (χ1n) is 8.96. The maximum absolute atomic E-state index is 12.8. The van der Waals surface area contributed by atoms with Crippen molar-refractivity contribution in [2.75, 3.05) is 17.6 Å². The van der Waals surface area contributed by atoms with Gasteiger partial charge in [0.05, 0.1) is 17.9 Å². The quantitative estimate of drug-likeness (QED) is 0.661. The summed E-state index contributed by atoms with van der Waals surface area (Å²) in [4.78, 5) is 26.7. The molecule has 2 heterocycles. The molecule has 9 heteroatoms. The highest BCUT2D eigenvalue weighted by molar-refractivity contribution is 6.31. The van der Waals surface area contributed by atoms with Crippen molar-refractivity contribution >= 4 is 35.0 Å². The Hall–Kier alpha value is -2.74. The van der Waals surface area contributed by atoms with Gasteiger partial charge in [-0.15, -0.1) is 0 Å². The van der Waals surface area contributed by atoms with E-state index in [4.69, 9.17) is 22.1 Å². The fraction of sp³-hybridized carbons (Fsp3) is 0.421. The number of H-pyrrole nitrogens is 1. The molecule has 4 N–H and O–H groups in total. The van der Waals surface area contributed by atoms with Gasteiger partial charge < -0.3 is 20.7 Å². The highest BCUT2D eigenvalue weighted by atomic mass is 35.5. The van der Waals surface area contributed by atoms with E-state index in [9.17, 15) is 9.59 Å². The van der Waals surface area contributed by atoms with Crippen molar-refractivity contribution in [1.82, 2.24) is 15.1 Å². The van der Waals surface area contributed by atoms with Crippen LogP contribution in [0.4, 0.5) is 16.2 Å². The van der Waals surface area contributed by atoms with E-state index in [-0.39, 0.29) is 12.2 Å². The number of benzene rings is 1. The van der Waals surface area contributed by atoms with Gasteiger partial charge in [-0.3, -0.25) is 9.89 Å². The number of aryl methyl sites for hydroxylation is 1. The van der Waals surface area contributed by atoms with Gasteiger partial charge in [0, 0.05) is 29.2 Å². The number of nitrogens with zero attached hydrogens (tertiary/aromatic N) is 2. The van der Waals surface area contributed by atoms with Crippen LogP contribution in [0.2, 0.25) is 5.02 Å². The molecule has 2 aromatic rings. The number of aromatic amines is 1. The van der Waals surface area contributed by atoms with E-state index < -0.39 is 17.6 Å². The minimum absolute atomic E-state index is 0.232. The molecule has 0 radical (unpaired) electrons. The average molecular weight is 406 g/mol. The van der Waals surface area contributed by atoms with Gasteiger partial charge >= 0.3 is 6.09 Å². The molecule has 1 aliphatic heterocycles. The van der Waals surface area contributed by atoms with Crippen LogP contribution in [0.15, 0.2) is 12.1 Å². The van der Waals surface area contributed by atoms with Gasteiger partial charge in [0.15, 0.2) is 5.69 Å². The van der Waals surface area contributed by atoms with Gasteiger partial charge in [0.2, 0.25) is 0 Å². The Balaban J connectivity index is 1.79. The van der Waals surface area contributed by atoms with Gasteiger partial charge in [-0.05, 0) is 45.4 Å². The summed E-state index contributed by atoms with van der Waals surface area (Å²) in [5.41, 5.74) is 8.74. The Morgan fingerprint density at radius 2 is 2.07 bits per heavy atom. The molecule has 0 fully saturated rings. The predicted molar refractivity (Wildman–Crippen MR) is 107 cm³/mol. The van der Waals surface area contributed by atoms with Crippen molar-refractivity contribution in [3.63, 3.8) is 0 Å². The lowest BCUT2D eigenvalue weighted by Gasteiger charge is -2.30. The minimum atomic E-state index is -0.585. The molecular weight excluding hydrogens is 382 g/mol. The van der Waals surface area contributed by atoms with Crippen molar-refractivity contribution in [3.8, 4) is 0 Å². The topological polar surface area (TPSA) is 113 Å². The molecule has 28 heavy (non-hydrogen) atoms. The average Bonchev–Trinajstić information content (AvgIpc) is 3.01. The monoisotopic (exact) mass is 405 g/mol. The second-order valence-electron chi connectivity index (χ2n) is 7.82. The van der Waals surface area contributed by atoms with Crippen LogP contribution in [0.1, 0.15) is 48.1 Å². The van der Waals surface area contributed by atoms with Gasteiger partial charge in [-0.2, -0.15) is 5.10 Å². The molecule has 3 rings (SSSR count). The van der Waals surface area contributed by atoms with Crippen LogP contribution in [-0.4, -0.2) is 39.2 Å². The lowest BCUT2D eigenvalue weighted by atomic mass is 10.1. The third-order valence-electron chi connectivity index (χ3n) is 4.38. The fourth-order valence-corrected chi connectivity index (χ4v) is 3.12. The Morgan fingerprint density at radius 3 is 2.75 bits per heavy atom. The normalized spacial score (nSPS) is 13.8. The van der Waals surface area contributed by atoms with Crippen molar-refractivity contribution in [3.05, 3.63) is 39.7 Å². The van der Waals surface area contributed by atoms with E-state index in [0.717, 1.165) is 11.3 Å². The molecule has 2 amide bonds. The van der Waals surface area contributed by atoms with Crippen LogP contribution >= 0.6 is 11.6 Å². The van der Waals surface area contributed by atoms with Crippen LogP contribution in [-0.2, 0) is 17.7 Å². The first-order valence-corrected chi connectivity index (χ1v) is 9.34. The first kappa shape index (κ1) is 20.0. The van der Waals surface area contributed by atoms with E-state index in [1.54, 1.807) is 17.0 Å². The summed E-state index contributed by atoms with van der Waals surface area (Å²) in [7, 11) is 0. The summed E-state index contributed by atoms with van der Waals surface area (Å²) in [6.45, 7) is 8.01. The Bertz CT molecular complexity index is 932. The number of nitrogens with two attached hydrogens (primary N) is 1. The maximum atomic E-state index is 12.8. The van der Waals surface area contributed by atoms with E-state index in [1.165, 1.54) is 0 Å². The second-order valence-corrected chi connectivity index (χ2v) is 8.23. The van der Waals surface area contributed by atoms with E-state index >= 15 is 0 Å². The summed E-state index contributed by atoms with van der Waals surface area (Å²) in [6, 6.07) is 3.30. The van der Waals surface area contributed by atoms with Crippen LogP contribution in [0, 0.1) is 6.92 Å². The standard InChI is InChI=1S/C19H24ClN5O3/c1-10-7-15(13(21)8-12(10)20)22-17(26)16-11-9-25(6-5-14(11)23-24-16)18(27)28-19(2,3)4/h7-8H,5-6,9,21H2,1-4H3,(H,22,26)(H,23,24). The molecule has 1 aromatic carbocycles. The second kappa shape index (κ2) is 7.35. The molecule has 1 aliphatic rings. The van der Waals surface area contributed by atoms with Crippen molar-refractivity contribution in [2.24, 2.45) is 0 Å². The molecule has 0 unspecified atom stereocenters. The molecule has 1 aromatic heterocycles. The van der Waals surface area contributed by atoms with Gasteiger partial charge in [-0.25, -0.2) is 4.79 Å². The smallest absolute Gasteiger partial charge is 0.410 e. The fourth-order valence-electron chi connectivity index (χ4n) is 2.95. The zero-order chi connectivity index (χ0) is 20.6. The Kier molecular flexibility index (Phi) is 5.25. The van der Waals surface area contributed by atoms with Gasteiger partial charge in [0.25, 0.3) is 5.91 Å². The number of halogens is 1. The number of hydrogen-bond acceptors (Lipinski definition) is 5. The van der Waals surface area contributed by atoms with Crippen LogP contribution in [0.3, 0.4) is 0 Å². The van der Waals surface area contributed by atoms with Crippen LogP contribution < -0.4 is 11.1 Å². The predicted octanol–water partition coefficient (Wildman–Crippen LogP) is 3.50. The molecular formula is C19H24ClN5O3. The minimum Gasteiger partial charge on any atom is -0.444 e.